The summed E-state index contributed by atoms with van der Waals surface area (Å²) >= 11 is 0. The molecule has 11 nitrogen and oxygen atoms in total. The van der Waals surface area contributed by atoms with Crippen molar-refractivity contribution in [2.45, 2.75) is 44.6 Å². The number of methoxy groups -OCH3 is 1. The van der Waals surface area contributed by atoms with Gasteiger partial charge in [0, 0.05) is 57.0 Å². The molecule has 1 saturated heterocycles. The number of likely N-dealkylation sites (tertiary alicyclic amines) is 1. The molecule has 11 heteroatoms. The summed E-state index contributed by atoms with van der Waals surface area (Å²) in [5.41, 5.74) is 6.56. The summed E-state index contributed by atoms with van der Waals surface area (Å²) in [5, 5.41) is 10.4. The first-order chi connectivity index (χ1) is 18.5. The molecular formula is C27H37N5O6. The number of fused-ring (bicyclic) bond motifs is 1. The van der Waals surface area contributed by atoms with Crippen LogP contribution in [0.15, 0.2) is 30.6 Å². The Labute approximate surface area is 222 Å². The van der Waals surface area contributed by atoms with Gasteiger partial charge in [0.2, 0.25) is 18.4 Å². The Hall–Kier alpha value is -3.44. The molecule has 1 aromatic carbocycles. The first-order valence-corrected chi connectivity index (χ1v) is 13.1. The summed E-state index contributed by atoms with van der Waals surface area (Å²) in [6, 6.07) is 5.00. The van der Waals surface area contributed by atoms with E-state index in [2.05, 4.69) is 16.9 Å². The number of ether oxygens (including phenoxy) is 3. The molecule has 0 saturated carbocycles. The van der Waals surface area contributed by atoms with Crippen LogP contribution in [-0.4, -0.2) is 89.4 Å². The summed E-state index contributed by atoms with van der Waals surface area (Å²) in [4.78, 5) is 38.5. The third-order valence-corrected chi connectivity index (χ3v) is 7.30. The highest BCUT2D eigenvalue weighted by Crippen LogP contribution is 2.47. The Kier molecular flexibility index (Phi) is 9.35. The summed E-state index contributed by atoms with van der Waals surface area (Å²) in [6.45, 7) is 4.16. The van der Waals surface area contributed by atoms with Gasteiger partial charge >= 0.3 is 5.97 Å². The first-order valence-electron chi connectivity index (χ1n) is 13.1. The summed E-state index contributed by atoms with van der Waals surface area (Å²) in [7, 11) is 1.54. The number of carbonyl (C=O) groups is 2. The maximum Gasteiger partial charge on any atom is 0.308 e. The molecule has 2 aliphatic rings. The van der Waals surface area contributed by atoms with E-state index in [4.69, 9.17) is 19.9 Å². The van der Waals surface area contributed by atoms with Crippen LogP contribution < -0.4 is 19.9 Å². The second-order valence-electron chi connectivity index (χ2n) is 9.65. The molecule has 38 heavy (non-hydrogen) atoms. The van der Waals surface area contributed by atoms with Crippen LogP contribution in [0, 0.1) is 5.92 Å². The average Bonchev–Trinajstić information content (AvgIpc) is 3.54. The van der Waals surface area contributed by atoms with Gasteiger partial charge in [0.1, 0.15) is 5.82 Å². The van der Waals surface area contributed by atoms with Crippen molar-refractivity contribution in [3.05, 3.63) is 42.0 Å². The summed E-state index contributed by atoms with van der Waals surface area (Å²) in [6.07, 6.45) is 6.20. The van der Waals surface area contributed by atoms with E-state index in [1.807, 2.05) is 17.0 Å². The van der Waals surface area contributed by atoms with E-state index < -0.39 is 17.9 Å². The number of carboxylic acids is 1. The van der Waals surface area contributed by atoms with E-state index in [1.165, 1.54) is 0 Å². The number of unbranched alkanes of at least 4 members (excludes halogenated alkanes) is 1. The molecule has 1 amide bonds. The molecule has 1 aromatic heterocycles. The molecule has 0 bridgehead atoms. The molecule has 2 aromatic rings. The zero-order chi connectivity index (χ0) is 27.1. The Balaban J connectivity index is 1.64. The fourth-order valence-electron chi connectivity index (χ4n) is 5.43. The lowest BCUT2D eigenvalue weighted by Crippen LogP contribution is -2.45. The van der Waals surface area contributed by atoms with E-state index in [-0.39, 0.29) is 25.2 Å². The fraction of sp³-hybridized carbons (Fsp3) is 0.556. The number of hydrogen-bond donors (Lipinski definition) is 2. The Morgan fingerprint density at radius 1 is 1.24 bits per heavy atom. The number of aromatic nitrogens is 2. The zero-order valence-corrected chi connectivity index (χ0v) is 22.0. The monoisotopic (exact) mass is 527 g/mol. The fourth-order valence-corrected chi connectivity index (χ4v) is 5.43. The highest BCUT2D eigenvalue weighted by atomic mass is 16.7. The van der Waals surface area contributed by atoms with Crippen molar-refractivity contribution >= 4 is 11.9 Å². The van der Waals surface area contributed by atoms with Crippen molar-refractivity contribution in [2.24, 2.45) is 11.7 Å². The number of benzene rings is 1. The number of aliphatic carboxylic acids is 1. The normalized spacial score (nSPS) is 20.4. The molecule has 2 aliphatic heterocycles. The predicted molar refractivity (Wildman–Crippen MR) is 139 cm³/mol. The smallest absolute Gasteiger partial charge is 0.308 e. The standard InChI is InChI=1S/C27H37N5O6/c1-3-4-11-31(12-8-28)24(33)16-32-15-19(18-13-21(36-2)26-22(14-18)37-17-38-26)25(27(34)35)20(32)6-7-23-29-9-5-10-30-23/h5,9-10,13-14,19-20,25H,3-4,6-8,11-12,15-17,28H2,1-2H3,(H,34,35)/t19-,20+,25-/m1/s1. The lowest BCUT2D eigenvalue weighted by atomic mass is 9.83. The Morgan fingerprint density at radius 3 is 2.71 bits per heavy atom. The molecule has 1 fully saturated rings. The second kappa shape index (κ2) is 12.9. The lowest BCUT2D eigenvalue weighted by Gasteiger charge is -2.29. The molecular weight excluding hydrogens is 490 g/mol. The van der Waals surface area contributed by atoms with E-state index in [9.17, 15) is 14.7 Å². The van der Waals surface area contributed by atoms with Gasteiger partial charge in [0.25, 0.3) is 0 Å². The maximum absolute atomic E-state index is 13.4. The van der Waals surface area contributed by atoms with E-state index in [0.29, 0.717) is 62.1 Å². The van der Waals surface area contributed by atoms with Crippen molar-refractivity contribution < 1.29 is 28.9 Å². The minimum Gasteiger partial charge on any atom is -0.493 e. The molecule has 3 atom stereocenters. The summed E-state index contributed by atoms with van der Waals surface area (Å²) < 4.78 is 16.6. The minimum absolute atomic E-state index is 0.0436. The van der Waals surface area contributed by atoms with Crippen molar-refractivity contribution in [1.82, 2.24) is 19.8 Å². The van der Waals surface area contributed by atoms with E-state index in [1.54, 1.807) is 30.5 Å². The van der Waals surface area contributed by atoms with Crippen molar-refractivity contribution in [1.29, 1.82) is 0 Å². The number of aryl methyl sites for hydroxylation is 1. The average molecular weight is 528 g/mol. The van der Waals surface area contributed by atoms with Gasteiger partial charge in [0.15, 0.2) is 11.5 Å². The molecule has 0 aliphatic carbocycles. The molecule has 0 radical (unpaired) electrons. The van der Waals surface area contributed by atoms with Crippen LogP contribution in [0.1, 0.15) is 43.5 Å². The topological polar surface area (TPSA) is 140 Å². The van der Waals surface area contributed by atoms with Gasteiger partial charge in [-0.3, -0.25) is 14.5 Å². The van der Waals surface area contributed by atoms with Gasteiger partial charge in [-0.25, -0.2) is 9.97 Å². The van der Waals surface area contributed by atoms with Gasteiger partial charge in [0.05, 0.1) is 19.6 Å². The molecule has 3 N–H and O–H groups in total. The second-order valence-corrected chi connectivity index (χ2v) is 9.65. The van der Waals surface area contributed by atoms with Gasteiger partial charge in [-0.1, -0.05) is 13.3 Å². The SMILES string of the molecule is CCCCN(CCN)C(=O)CN1C[C@H](c2cc(OC)c3c(c2)OCO3)[C@@H](C(=O)O)[C@@H]1CCc1ncccn1. The molecule has 0 spiro atoms. The Bertz CT molecular complexity index is 1100. The number of carboxylic acid groups (broad SMARTS) is 1. The molecule has 206 valence electrons. The number of carbonyl (C=O) groups excluding carboxylic acids is 1. The quantitative estimate of drug-likeness (QED) is 0.397. The van der Waals surface area contributed by atoms with Crippen LogP contribution in [0.25, 0.3) is 0 Å². The highest BCUT2D eigenvalue weighted by molar-refractivity contribution is 5.79. The molecule has 4 rings (SSSR count). The van der Waals surface area contributed by atoms with Gasteiger partial charge < -0.3 is 30.0 Å². The first kappa shape index (κ1) is 27.6. The van der Waals surface area contributed by atoms with Crippen LogP contribution >= 0.6 is 0 Å². The number of nitrogens with zero attached hydrogens (tertiary/aromatic N) is 4. The maximum atomic E-state index is 13.4. The third kappa shape index (κ3) is 6.16. The van der Waals surface area contributed by atoms with Crippen LogP contribution in [-0.2, 0) is 16.0 Å². The number of nitrogens with two attached hydrogens (primary N) is 1. The van der Waals surface area contributed by atoms with Gasteiger partial charge in [-0.2, -0.15) is 0 Å². The van der Waals surface area contributed by atoms with E-state index >= 15 is 0 Å². The van der Waals surface area contributed by atoms with Gasteiger partial charge in [-0.15, -0.1) is 0 Å². The van der Waals surface area contributed by atoms with Crippen molar-refractivity contribution in [3.8, 4) is 17.2 Å². The van der Waals surface area contributed by atoms with Crippen molar-refractivity contribution in [3.63, 3.8) is 0 Å². The van der Waals surface area contributed by atoms with E-state index in [0.717, 1.165) is 18.4 Å². The molecule has 0 unspecified atom stereocenters. The highest BCUT2D eigenvalue weighted by Gasteiger charge is 2.47. The van der Waals surface area contributed by atoms with Crippen LogP contribution in [0.3, 0.4) is 0 Å². The number of amides is 1. The van der Waals surface area contributed by atoms with Crippen molar-refractivity contribution in [2.75, 3.05) is 46.6 Å². The molecule has 3 heterocycles. The Morgan fingerprint density at radius 2 is 2.03 bits per heavy atom. The zero-order valence-electron chi connectivity index (χ0n) is 22.0. The lowest BCUT2D eigenvalue weighted by molar-refractivity contribution is -0.143. The number of rotatable bonds is 13. The van der Waals surface area contributed by atoms with Crippen LogP contribution in [0.5, 0.6) is 17.2 Å². The predicted octanol–water partition coefficient (Wildman–Crippen LogP) is 1.90. The van der Waals surface area contributed by atoms with Crippen LogP contribution in [0.4, 0.5) is 0 Å². The van der Waals surface area contributed by atoms with Crippen LogP contribution in [0.2, 0.25) is 0 Å². The largest absolute Gasteiger partial charge is 0.493 e. The van der Waals surface area contributed by atoms with Gasteiger partial charge in [-0.05, 0) is 36.6 Å². The third-order valence-electron chi connectivity index (χ3n) is 7.30. The summed E-state index contributed by atoms with van der Waals surface area (Å²) in [5.74, 6) is 0.0862. The minimum atomic E-state index is -0.912. The number of hydrogen-bond acceptors (Lipinski definition) is 9.